The van der Waals surface area contributed by atoms with Crippen LogP contribution >= 0.6 is 11.8 Å². The fraction of sp³-hybridized carbons (Fsp3) is 0.289. The monoisotopic (exact) mass is 645 g/mol. The lowest BCUT2D eigenvalue weighted by molar-refractivity contribution is -0.146. The molecule has 0 spiro atoms. The van der Waals surface area contributed by atoms with Gasteiger partial charge in [0.05, 0.1) is 34.2 Å². The molecule has 47 heavy (non-hydrogen) atoms. The Morgan fingerprint density at radius 1 is 0.936 bits per heavy atom. The van der Waals surface area contributed by atoms with Gasteiger partial charge in [0.1, 0.15) is 18.0 Å². The smallest absolute Gasteiger partial charge is 0.309 e. The molecule has 0 radical (unpaired) electrons. The average Bonchev–Trinajstić information content (AvgIpc) is 3.29. The van der Waals surface area contributed by atoms with Gasteiger partial charge in [0, 0.05) is 44.6 Å². The van der Waals surface area contributed by atoms with Gasteiger partial charge in [-0.1, -0.05) is 69.3 Å². The Labute approximate surface area is 279 Å². The summed E-state index contributed by atoms with van der Waals surface area (Å²) in [6.07, 6.45) is 2.09. The number of para-hydroxylation sites is 1. The standard InChI is InChI=1S/C38H39N5O3S/c1-24-11-18-32(42-41-24)27-14-12-25(13-15-27)22-43-33(20-38(5,6)36(44)45)34(47-37(2,3)4)30-19-29(21-39-35(30)43)46-23-28-17-16-26-9-7-8-10-31(26)40-28/h7-19,21H,20,22-23H2,1-6H3,(H,44,45). The van der Waals surface area contributed by atoms with Crippen molar-refractivity contribution in [3.8, 4) is 17.0 Å². The van der Waals surface area contributed by atoms with Crippen LogP contribution in [0.5, 0.6) is 5.75 Å². The van der Waals surface area contributed by atoms with Gasteiger partial charge >= 0.3 is 5.97 Å². The number of thioether (sulfide) groups is 1. The average molecular weight is 646 g/mol. The van der Waals surface area contributed by atoms with Gasteiger partial charge in [0.25, 0.3) is 0 Å². The number of hydrogen-bond donors (Lipinski definition) is 1. The van der Waals surface area contributed by atoms with E-state index in [1.807, 2.05) is 67.6 Å². The van der Waals surface area contributed by atoms with E-state index in [4.69, 9.17) is 14.7 Å². The minimum absolute atomic E-state index is 0.135. The third kappa shape index (κ3) is 7.30. The molecule has 6 aromatic rings. The van der Waals surface area contributed by atoms with Crippen molar-refractivity contribution in [1.82, 2.24) is 24.7 Å². The number of carboxylic acids is 1. The first-order valence-electron chi connectivity index (χ1n) is 15.7. The minimum atomic E-state index is -0.992. The minimum Gasteiger partial charge on any atom is -0.486 e. The number of fused-ring (bicyclic) bond motifs is 2. The Balaban J connectivity index is 1.40. The van der Waals surface area contributed by atoms with E-state index < -0.39 is 11.4 Å². The Hall–Kier alpha value is -4.76. The first-order valence-corrected chi connectivity index (χ1v) is 16.5. The number of hydrogen-bond acceptors (Lipinski definition) is 7. The summed E-state index contributed by atoms with van der Waals surface area (Å²) < 4.78 is 8.29. The van der Waals surface area contributed by atoms with Crippen LogP contribution in [0.3, 0.4) is 0 Å². The van der Waals surface area contributed by atoms with Crippen molar-refractivity contribution in [2.24, 2.45) is 5.41 Å². The molecule has 0 fully saturated rings. The number of rotatable bonds is 10. The lowest BCUT2D eigenvalue weighted by Gasteiger charge is -2.24. The van der Waals surface area contributed by atoms with Crippen LogP contribution in [-0.4, -0.2) is 40.6 Å². The van der Waals surface area contributed by atoms with Gasteiger partial charge in [-0.05, 0) is 56.7 Å². The highest BCUT2D eigenvalue weighted by Gasteiger charge is 2.33. The maximum Gasteiger partial charge on any atom is 0.309 e. The SMILES string of the molecule is Cc1ccc(-c2ccc(Cn3c(CC(C)(C)C(=O)O)c(SC(C)(C)C)c4cc(OCc5ccc6ccccc6n5)cnc43)cc2)nn1. The van der Waals surface area contributed by atoms with E-state index in [2.05, 4.69) is 53.7 Å². The van der Waals surface area contributed by atoms with Crippen molar-refractivity contribution in [2.75, 3.05) is 0 Å². The quantitative estimate of drug-likeness (QED) is 0.148. The zero-order chi connectivity index (χ0) is 33.3. The third-order valence-electron chi connectivity index (χ3n) is 7.96. The van der Waals surface area contributed by atoms with E-state index >= 15 is 0 Å². The Morgan fingerprint density at radius 2 is 1.70 bits per heavy atom. The summed E-state index contributed by atoms with van der Waals surface area (Å²) in [6.45, 7) is 12.8. The topological polar surface area (TPSA) is 103 Å². The van der Waals surface area contributed by atoms with E-state index in [1.54, 1.807) is 31.8 Å². The molecule has 0 saturated heterocycles. The number of benzene rings is 2. The molecule has 240 valence electrons. The first-order chi connectivity index (χ1) is 22.4. The summed E-state index contributed by atoms with van der Waals surface area (Å²) in [7, 11) is 0. The van der Waals surface area contributed by atoms with Crippen LogP contribution in [0.1, 0.15) is 57.3 Å². The van der Waals surface area contributed by atoms with Crippen molar-refractivity contribution < 1.29 is 14.6 Å². The highest BCUT2D eigenvalue weighted by atomic mass is 32.2. The number of aliphatic carboxylic acids is 1. The van der Waals surface area contributed by atoms with Gasteiger partial charge < -0.3 is 14.4 Å². The van der Waals surface area contributed by atoms with E-state index in [0.717, 1.165) is 60.7 Å². The zero-order valence-electron chi connectivity index (χ0n) is 27.6. The molecule has 0 saturated carbocycles. The molecule has 6 rings (SSSR count). The molecule has 2 aromatic carbocycles. The van der Waals surface area contributed by atoms with Crippen molar-refractivity contribution in [3.63, 3.8) is 0 Å². The summed E-state index contributed by atoms with van der Waals surface area (Å²) in [6, 6.07) is 26.3. The number of aromatic nitrogens is 5. The van der Waals surface area contributed by atoms with Crippen molar-refractivity contribution >= 4 is 39.7 Å². The molecule has 0 atom stereocenters. The second-order valence-electron chi connectivity index (χ2n) is 13.5. The maximum absolute atomic E-state index is 12.4. The largest absolute Gasteiger partial charge is 0.486 e. The van der Waals surface area contributed by atoms with E-state index in [1.165, 1.54) is 0 Å². The molecule has 0 bridgehead atoms. The first kappa shape index (κ1) is 32.2. The van der Waals surface area contributed by atoms with Crippen molar-refractivity contribution in [1.29, 1.82) is 0 Å². The van der Waals surface area contributed by atoms with E-state index in [9.17, 15) is 9.90 Å². The lowest BCUT2D eigenvalue weighted by atomic mass is 9.88. The summed E-state index contributed by atoms with van der Waals surface area (Å²) in [5.41, 5.74) is 6.23. The number of ether oxygens (including phenoxy) is 1. The Kier molecular flexibility index (Phi) is 8.76. The maximum atomic E-state index is 12.4. The van der Waals surface area contributed by atoms with Crippen LogP contribution in [-0.2, 0) is 24.4 Å². The molecule has 0 aliphatic carbocycles. The normalized spacial score (nSPS) is 12.1. The predicted octanol–water partition coefficient (Wildman–Crippen LogP) is 8.52. The molecule has 0 amide bonds. The highest BCUT2D eigenvalue weighted by molar-refractivity contribution is 8.00. The summed E-state index contributed by atoms with van der Waals surface area (Å²) in [4.78, 5) is 23.1. The molecule has 4 heterocycles. The van der Waals surface area contributed by atoms with Gasteiger partial charge in [0.2, 0.25) is 0 Å². The van der Waals surface area contributed by atoms with Gasteiger partial charge in [-0.15, -0.1) is 11.8 Å². The molecule has 0 unspecified atom stereocenters. The van der Waals surface area contributed by atoms with Crippen LogP contribution in [0, 0.1) is 12.3 Å². The Morgan fingerprint density at radius 3 is 2.40 bits per heavy atom. The van der Waals surface area contributed by atoms with Crippen molar-refractivity contribution in [3.05, 3.63) is 108 Å². The van der Waals surface area contributed by atoms with E-state index in [-0.39, 0.29) is 4.75 Å². The van der Waals surface area contributed by atoms with Crippen LogP contribution in [0.2, 0.25) is 0 Å². The summed E-state index contributed by atoms with van der Waals surface area (Å²) >= 11 is 1.73. The van der Waals surface area contributed by atoms with Gasteiger partial charge in [-0.2, -0.15) is 10.2 Å². The fourth-order valence-electron chi connectivity index (χ4n) is 5.43. The van der Waals surface area contributed by atoms with Crippen molar-refractivity contribution in [2.45, 2.75) is 70.8 Å². The summed E-state index contributed by atoms with van der Waals surface area (Å²) in [5, 5.41) is 20.7. The second kappa shape index (κ2) is 12.8. The predicted molar refractivity (Wildman–Crippen MR) is 188 cm³/mol. The molecular formula is C38H39N5O3S. The third-order valence-corrected chi connectivity index (χ3v) is 9.23. The lowest BCUT2D eigenvalue weighted by Crippen LogP contribution is -2.28. The molecule has 0 aliphatic heterocycles. The molecule has 1 N–H and O–H groups in total. The number of aryl methyl sites for hydroxylation is 1. The number of carbonyl (C=O) groups is 1. The van der Waals surface area contributed by atoms with Gasteiger partial charge in [0.15, 0.2) is 0 Å². The second-order valence-corrected chi connectivity index (χ2v) is 15.4. The van der Waals surface area contributed by atoms with E-state index in [0.29, 0.717) is 25.3 Å². The van der Waals surface area contributed by atoms with Crippen LogP contribution in [0.4, 0.5) is 0 Å². The summed E-state index contributed by atoms with van der Waals surface area (Å²) in [5.74, 6) is -0.211. The number of nitrogens with zero attached hydrogens (tertiary/aromatic N) is 5. The Bertz CT molecular complexity index is 2060. The van der Waals surface area contributed by atoms with Crippen LogP contribution < -0.4 is 4.74 Å². The number of pyridine rings is 2. The van der Waals surface area contributed by atoms with Gasteiger partial charge in [-0.3, -0.25) is 4.79 Å². The molecule has 9 heteroatoms. The molecule has 8 nitrogen and oxygen atoms in total. The van der Waals surface area contributed by atoms with Crippen LogP contribution in [0.15, 0.2) is 90.0 Å². The number of carboxylic acid groups (broad SMARTS) is 1. The fourth-order valence-corrected chi connectivity index (χ4v) is 6.60. The van der Waals surface area contributed by atoms with Crippen LogP contribution in [0.25, 0.3) is 33.2 Å². The molecule has 0 aliphatic rings. The molecule has 4 aromatic heterocycles. The highest BCUT2D eigenvalue weighted by Crippen LogP contribution is 2.43. The zero-order valence-corrected chi connectivity index (χ0v) is 28.4. The molecular weight excluding hydrogens is 607 g/mol. The van der Waals surface area contributed by atoms with Gasteiger partial charge in [-0.25, -0.2) is 9.97 Å².